The number of carbonyl (C=O) groups is 1. The van der Waals surface area contributed by atoms with Gasteiger partial charge in [0, 0.05) is 23.3 Å². The quantitative estimate of drug-likeness (QED) is 0.225. The maximum absolute atomic E-state index is 11.2. The van der Waals surface area contributed by atoms with Crippen LogP contribution in [-0.4, -0.2) is 24.8 Å². The van der Waals surface area contributed by atoms with Crippen molar-refractivity contribution < 1.29 is 24.1 Å². The van der Waals surface area contributed by atoms with Crippen LogP contribution in [0.5, 0.6) is 17.2 Å². The lowest BCUT2D eigenvalue weighted by molar-refractivity contribution is -0.134. The third-order valence-corrected chi connectivity index (χ3v) is 5.16. The van der Waals surface area contributed by atoms with Gasteiger partial charge in [0.1, 0.15) is 23.9 Å². The molecule has 0 unspecified atom stereocenters. The van der Waals surface area contributed by atoms with E-state index in [1.54, 1.807) is 12.1 Å². The predicted octanol–water partition coefficient (Wildman–Crippen LogP) is 6.31. The molecule has 0 atom stereocenters. The summed E-state index contributed by atoms with van der Waals surface area (Å²) in [5.74, 6) is 0.980. The summed E-state index contributed by atoms with van der Waals surface area (Å²) in [4.78, 5) is 11.2. The fourth-order valence-corrected chi connectivity index (χ4v) is 3.25. The number of aryl methyl sites for hydroxylation is 1. The Hall–Kier alpha value is -3.73. The molecule has 33 heavy (non-hydrogen) atoms. The van der Waals surface area contributed by atoms with Crippen LogP contribution in [0.25, 0.3) is 17.2 Å². The molecule has 3 aromatic rings. The van der Waals surface area contributed by atoms with Crippen LogP contribution in [0.3, 0.4) is 0 Å². The number of phenolic OH excluding ortho intramolecular Hbond substituents is 1. The van der Waals surface area contributed by atoms with E-state index in [2.05, 4.69) is 42.8 Å². The van der Waals surface area contributed by atoms with Gasteiger partial charge in [0.05, 0.1) is 13.7 Å². The molecule has 0 bridgehead atoms. The van der Waals surface area contributed by atoms with E-state index in [1.165, 1.54) is 30.9 Å². The van der Waals surface area contributed by atoms with Crippen molar-refractivity contribution in [2.75, 3.05) is 13.7 Å². The van der Waals surface area contributed by atoms with Crippen molar-refractivity contribution in [1.82, 2.24) is 0 Å². The Labute approximate surface area is 195 Å². The van der Waals surface area contributed by atoms with Gasteiger partial charge in [0.15, 0.2) is 0 Å². The van der Waals surface area contributed by atoms with Gasteiger partial charge in [-0.3, -0.25) is 0 Å². The highest BCUT2D eigenvalue weighted by molar-refractivity contribution is 5.87. The minimum atomic E-state index is -0.483. The first kappa shape index (κ1) is 23.9. The van der Waals surface area contributed by atoms with Gasteiger partial charge in [-0.1, -0.05) is 49.2 Å². The number of esters is 1. The van der Waals surface area contributed by atoms with E-state index in [-0.39, 0.29) is 5.75 Å². The van der Waals surface area contributed by atoms with Crippen LogP contribution < -0.4 is 9.47 Å². The number of carbonyl (C=O) groups excluding carboxylic acids is 1. The number of rotatable bonds is 10. The summed E-state index contributed by atoms with van der Waals surface area (Å²) in [6, 6.07) is 19.4. The highest BCUT2D eigenvalue weighted by Gasteiger charge is 2.08. The summed E-state index contributed by atoms with van der Waals surface area (Å²) in [5.41, 5.74) is 4.87. The first-order valence-electron chi connectivity index (χ1n) is 11.0. The third kappa shape index (κ3) is 6.88. The highest BCUT2D eigenvalue weighted by atomic mass is 16.5. The second-order valence-electron chi connectivity index (χ2n) is 7.76. The lowest BCUT2D eigenvalue weighted by atomic mass is 10.0. The van der Waals surface area contributed by atoms with E-state index in [4.69, 9.17) is 9.47 Å². The molecule has 0 amide bonds. The van der Waals surface area contributed by atoms with Crippen molar-refractivity contribution in [2.45, 2.75) is 33.3 Å². The maximum atomic E-state index is 11.2. The standard InChI is InChI=1S/C28H30O5/c1-4-5-16-32-27-14-6-20(2)17-25(27)22-9-7-21(8-10-22)19-33-24-13-11-23(26(29)18-24)12-15-28(30)31-3/h6-15,17-18,29H,4-5,16,19H2,1-3H3/b15-12+. The van der Waals surface area contributed by atoms with E-state index in [0.717, 1.165) is 35.3 Å². The summed E-state index contributed by atoms with van der Waals surface area (Å²) < 4.78 is 16.4. The second-order valence-corrected chi connectivity index (χ2v) is 7.76. The maximum Gasteiger partial charge on any atom is 0.330 e. The van der Waals surface area contributed by atoms with Crippen molar-refractivity contribution >= 4 is 12.0 Å². The zero-order valence-electron chi connectivity index (χ0n) is 19.3. The normalized spacial score (nSPS) is 10.9. The Balaban J connectivity index is 1.66. The van der Waals surface area contributed by atoms with Gasteiger partial charge in [0.2, 0.25) is 0 Å². The molecule has 3 aromatic carbocycles. The molecule has 3 rings (SSSR count). The van der Waals surface area contributed by atoms with Crippen LogP contribution in [0, 0.1) is 6.92 Å². The molecule has 0 radical (unpaired) electrons. The molecule has 0 aliphatic heterocycles. The van der Waals surface area contributed by atoms with Gasteiger partial charge in [-0.25, -0.2) is 4.79 Å². The first-order valence-corrected chi connectivity index (χ1v) is 11.0. The van der Waals surface area contributed by atoms with Crippen LogP contribution in [-0.2, 0) is 16.1 Å². The summed E-state index contributed by atoms with van der Waals surface area (Å²) in [6.07, 6.45) is 4.88. The summed E-state index contributed by atoms with van der Waals surface area (Å²) in [6.45, 7) is 5.30. The smallest absolute Gasteiger partial charge is 0.330 e. The fraction of sp³-hybridized carbons (Fsp3) is 0.250. The predicted molar refractivity (Wildman–Crippen MR) is 131 cm³/mol. The Kier molecular flexibility index (Phi) is 8.53. The highest BCUT2D eigenvalue weighted by Crippen LogP contribution is 2.32. The van der Waals surface area contributed by atoms with Crippen molar-refractivity contribution in [3.63, 3.8) is 0 Å². The molecule has 0 fully saturated rings. The second kappa shape index (κ2) is 11.8. The van der Waals surface area contributed by atoms with Crippen molar-refractivity contribution in [2.24, 2.45) is 0 Å². The number of aromatic hydroxyl groups is 1. The number of ether oxygens (including phenoxy) is 3. The molecule has 5 nitrogen and oxygen atoms in total. The lowest BCUT2D eigenvalue weighted by Gasteiger charge is -2.13. The average Bonchev–Trinajstić information content (AvgIpc) is 2.83. The Morgan fingerprint density at radius 1 is 1.00 bits per heavy atom. The van der Waals surface area contributed by atoms with E-state index in [9.17, 15) is 9.90 Å². The summed E-state index contributed by atoms with van der Waals surface area (Å²) >= 11 is 0. The topological polar surface area (TPSA) is 65.0 Å². The monoisotopic (exact) mass is 446 g/mol. The van der Waals surface area contributed by atoms with Crippen molar-refractivity contribution in [1.29, 1.82) is 0 Å². The minimum absolute atomic E-state index is 0.0260. The van der Waals surface area contributed by atoms with Crippen LogP contribution in [0.15, 0.2) is 66.7 Å². The van der Waals surface area contributed by atoms with E-state index >= 15 is 0 Å². The number of unbranched alkanes of at least 4 members (excludes halogenated alkanes) is 1. The van der Waals surface area contributed by atoms with Crippen LogP contribution in [0.1, 0.15) is 36.5 Å². The molecule has 0 heterocycles. The molecule has 0 aromatic heterocycles. The van der Waals surface area contributed by atoms with Gasteiger partial charge in [0.25, 0.3) is 0 Å². The zero-order chi connectivity index (χ0) is 23.6. The van der Waals surface area contributed by atoms with E-state index in [0.29, 0.717) is 24.5 Å². The summed E-state index contributed by atoms with van der Waals surface area (Å²) in [7, 11) is 1.30. The lowest BCUT2D eigenvalue weighted by Crippen LogP contribution is -1.99. The Morgan fingerprint density at radius 3 is 2.48 bits per heavy atom. The SMILES string of the molecule is CCCCOc1ccc(C)cc1-c1ccc(COc2ccc(/C=C/C(=O)OC)c(O)c2)cc1. The molecule has 0 spiro atoms. The number of hydrogen-bond donors (Lipinski definition) is 1. The van der Waals surface area contributed by atoms with Gasteiger partial charge < -0.3 is 19.3 Å². The van der Waals surface area contributed by atoms with Crippen molar-refractivity contribution in [3.8, 4) is 28.4 Å². The molecule has 0 saturated carbocycles. The van der Waals surface area contributed by atoms with Gasteiger partial charge in [-0.2, -0.15) is 0 Å². The van der Waals surface area contributed by atoms with Crippen LogP contribution >= 0.6 is 0 Å². The van der Waals surface area contributed by atoms with Crippen LogP contribution in [0.2, 0.25) is 0 Å². The van der Waals surface area contributed by atoms with Gasteiger partial charge >= 0.3 is 5.97 Å². The van der Waals surface area contributed by atoms with Crippen LogP contribution in [0.4, 0.5) is 0 Å². The third-order valence-electron chi connectivity index (χ3n) is 5.16. The largest absolute Gasteiger partial charge is 0.507 e. The molecular formula is C28H30O5. The molecule has 0 aliphatic carbocycles. The average molecular weight is 447 g/mol. The number of benzene rings is 3. The van der Waals surface area contributed by atoms with Crippen molar-refractivity contribution in [3.05, 3.63) is 83.4 Å². The number of phenols is 1. The fourth-order valence-electron chi connectivity index (χ4n) is 3.25. The van der Waals surface area contributed by atoms with E-state index in [1.807, 2.05) is 18.2 Å². The molecular weight excluding hydrogens is 416 g/mol. The first-order chi connectivity index (χ1) is 16.0. The zero-order valence-corrected chi connectivity index (χ0v) is 19.3. The molecule has 0 saturated heterocycles. The van der Waals surface area contributed by atoms with Gasteiger partial charge in [-0.15, -0.1) is 0 Å². The van der Waals surface area contributed by atoms with E-state index < -0.39 is 5.97 Å². The molecule has 5 heteroatoms. The molecule has 172 valence electrons. The number of methoxy groups -OCH3 is 1. The molecule has 1 N–H and O–H groups in total. The summed E-state index contributed by atoms with van der Waals surface area (Å²) in [5, 5.41) is 10.2. The molecule has 0 aliphatic rings. The Bertz CT molecular complexity index is 1100. The number of hydrogen-bond acceptors (Lipinski definition) is 5. The Morgan fingerprint density at radius 2 is 1.79 bits per heavy atom. The minimum Gasteiger partial charge on any atom is -0.507 e. The van der Waals surface area contributed by atoms with Gasteiger partial charge in [-0.05, 0) is 54.8 Å².